The number of hydrogen-bond acceptors (Lipinski definition) is 16. The van der Waals surface area contributed by atoms with Crippen LogP contribution in [-0.4, -0.2) is 92.8 Å². The zero-order valence-corrected chi connectivity index (χ0v) is 40.2. The Bertz CT molecular complexity index is 3170. The number of H-pyrrole nitrogens is 1. The summed E-state index contributed by atoms with van der Waals surface area (Å²) in [5, 5.41) is 2.81. The van der Waals surface area contributed by atoms with Gasteiger partial charge in [-0.25, -0.2) is 24.3 Å². The molecule has 2 aliphatic heterocycles. The number of benzene rings is 4. The summed E-state index contributed by atoms with van der Waals surface area (Å²) in [6, 6.07) is 32.7. The first-order valence-corrected chi connectivity index (χ1v) is 24.1. The van der Waals surface area contributed by atoms with Gasteiger partial charge in [-0.3, -0.25) is 37.5 Å². The first-order chi connectivity index (χ1) is 34.7. The van der Waals surface area contributed by atoms with Gasteiger partial charge in [0.15, 0.2) is 17.0 Å². The van der Waals surface area contributed by atoms with Crippen LogP contribution >= 0.6 is 7.91 Å². The Kier molecular flexibility index (Phi) is 14.6. The van der Waals surface area contributed by atoms with Crippen LogP contribution in [0.4, 0.5) is 10.0 Å². The summed E-state index contributed by atoms with van der Waals surface area (Å²) in [6.07, 6.45) is -3.04. The van der Waals surface area contributed by atoms with E-state index in [0.717, 1.165) is 11.5 Å². The summed E-state index contributed by atoms with van der Waals surface area (Å²) < 4.78 is 80.7. The van der Waals surface area contributed by atoms with Crippen molar-refractivity contribution in [1.82, 2.24) is 29.1 Å². The first kappa shape index (κ1) is 49.6. The predicted molar refractivity (Wildman–Crippen MR) is 256 cm³/mol. The number of nitrogens with one attached hydrogen (secondary N) is 2. The number of imidazole rings is 1. The van der Waals surface area contributed by atoms with Crippen molar-refractivity contribution in [2.24, 2.45) is 0 Å². The number of carbonyl (C=O) groups is 2. The molecule has 9 rings (SSSR count). The van der Waals surface area contributed by atoms with Crippen LogP contribution in [0.1, 0.15) is 64.8 Å². The average Bonchev–Trinajstić information content (AvgIpc) is 4.13. The van der Waals surface area contributed by atoms with E-state index in [-0.39, 0.29) is 35.4 Å². The van der Waals surface area contributed by atoms with Gasteiger partial charge in [-0.1, -0.05) is 72.8 Å². The molecule has 2 N–H and O–H groups in total. The number of anilines is 1. The molecule has 2 fully saturated rings. The Morgan fingerprint density at radius 1 is 0.792 bits per heavy atom. The second-order valence-electron chi connectivity index (χ2n) is 16.9. The van der Waals surface area contributed by atoms with E-state index in [1.807, 2.05) is 54.6 Å². The van der Waals surface area contributed by atoms with Crippen molar-refractivity contribution in [2.45, 2.75) is 69.2 Å². The molecule has 4 aromatic carbocycles. The van der Waals surface area contributed by atoms with Crippen molar-refractivity contribution in [3.63, 3.8) is 0 Å². The summed E-state index contributed by atoms with van der Waals surface area (Å²) >= 11 is 0. The maximum absolute atomic E-state index is 16.6. The lowest BCUT2D eigenvalue weighted by Gasteiger charge is -2.39. The molecule has 20 nitrogen and oxygen atoms in total. The van der Waals surface area contributed by atoms with Gasteiger partial charge in [0.2, 0.25) is 0 Å². The molecule has 2 saturated heterocycles. The van der Waals surface area contributed by atoms with Crippen LogP contribution in [0.25, 0.3) is 11.2 Å². The molecular weight excluding hydrogens is 957 g/mol. The van der Waals surface area contributed by atoms with Crippen LogP contribution in [0.15, 0.2) is 138 Å². The van der Waals surface area contributed by atoms with Crippen LogP contribution in [-0.2, 0) is 43.0 Å². The quantitative estimate of drug-likeness (QED) is 0.0503. The molecule has 374 valence electrons. The molecular formula is C50H49FN7O13P. The molecule has 2 aliphatic rings. The fraction of sp³-hybridized carbons (Fsp3) is 0.300. The molecule has 22 heteroatoms. The zero-order chi connectivity index (χ0) is 50.6. The number of aromatic amines is 1. The Labute approximate surface area is 410 Å². The molecule has 3 aromatic heterocycles. The van der Waals surface area contributed by atoms with Crippen LogP contribution in [0.2, 0.25) is 0 Å². The Hall–Kier alpha value is -7.39. The highest BCUT2D eigenvalue weighted by Crippen LogP contribution is 2.55. The van der Waals surface area contributed by atoms with E-state index in [1.54, 1.807) is 73.4 Å². The van der Waals surface area contributed by atoms with Crippen molar-refractivity contribution in [3.8, 4) is 11.5 Å². The van der Waals surface area contributed by atoms with Gasteiger partial charge in [0, 0.05) is 37.1 Å². The van der Waals surface area contributed by atoms with Crippen molar-refractivity contribution >= 4 is 36.8 Å². The third-order valence-electron chi connectivity index (χ3n) is 12.4. The van der Waals surface area contributed by atoms with Crippen LogP contribution in [0, 0.1) is 6.92 Å². The summed E-state index contributed by atoms with van der Waals surface area (Å²) in [5.41, 5.74) is 0.325. The normalized spacial score (nSPS) is 20.7. The number of aryl methyl sites for hydroxylation is 1. The molecule has 1 unspecified atom stereocenters. The largest absolute Gasteiger partial charge is 0.513 e. The number of ether oxygens (including phenoxy) is 6. The van der Waals surface area contributed by atoms with Crippen molar-refractivity contribution in [3.05, 3.63) is 177 Å². The highest BCUT2D eigenvalue weighted by atomic mass is 31.2. The molecule has 7 atom stereocenters. The third kappa shape index (κ3) is 10.5. The predicted octanol–water partition coefficient (Wildman–Crippen LogP) is 6.95. The van der Waals surface area contributed by atoms with Crippen molar-refractivity contribution in [1.29, 1.82) is 0 Å². The molecule has 0 radical (unpaired) electrons. The van der Waals surface area contributed by atoms with E-state index >= 15 is 4.20 Å². The minimum Gasteiger partial charge on any atom is -0.497 e. The summed E-state index contributed by atoms with van der Waals surface area (Å²) in [6.45, 7) is 1.49. The second kappa shape index (κ2) is 21.1. The monoisotopic (exact) mass is 1010 g/mol. The van der Waals surface area contributed by atoms with Gasteiger partial charge in [-0.05, 0) is 60.0 Å². The Balaban J connectivity index is 1.07. The first-order valence-electron chi connectivity index (χ1n) is 22.7. The molecule has 1 amide bonds. The van der Waals surface area contributed by atoms with Crippen LogP contribution < -0.4 is 26.0 Å². The fourth-order valence-electron chi connectivity index (χ4n) is 8.81. The van der Waals surface area contributed by atoms with Crippen molar-refractivity contribution in [2.75, 3.05) is 32.8 Å². The summed E-state index contributed by atoms with van der Waals surface area (Å²) in [7, 11) is -2.45. The van der Waals surface area contributed by atoms with E-state index in [9.17, 15) is 23.7 Å². The second-order valence-corrected chi connectivity index (χ2v) is 18.2. The number of methoxy groups -OCH3 is 2. The standard InChI is InChI=1S/C50H49FN7O13P/c1-30-25-57(49(62)56-47(30)60)42-24-39(40(68-42)26-66-31(2)59)71-72(51,63)67-27-41-38(23-43(69-41)58-29-54-44-45(52-28-53-46(44)58)55-48(61)32-11-7-5-8-12-32)70-50(33-13-9-6-10-14-33,34-15-19-36(64-3)20-16-34)35-17-21-37(65-4)22-18-35/h5-22,25,28-29,38-43H,23-24,26-27H2,1-4H3,(H,56,60,62)(H,52,53,55,61)/t38-,39-,40+,41+,42+,43+,72?/m0/s1. The molecule has 0 aliphatic carbocycles. The maximum Gasteiger partial charge on any atom is 0.513 e. The van der Waals surface area contributed by atoms with Crippen LogP contribution in [0.5, 0.6) is 11.5 Å². The van der Waals surface area contributed by atoms with E-state index in [2.05, 4.69) is 25.3 Å². The molecule has 7 aromatic rings. The zero-order valence-electron chi connectivity index (χ0n) is 39.3. The number of nitrogens with zero attached hydrogens (tertiary/aromatic N) is 5. The van der Waals surface area contributed by atoms with Gasteiger partial charge in [-0.15, -0.1) is 4.20 Å². The van der Waals surface area contributed by atoms with Crippen molar-refractivity contribution < 1.29 is 55.8 Å². The fourth-order valence-corrected chi connectivity index (χ4v) is 9.74. The summed E-state index contributed by atoms with van der Waals surface area (Å²) in [5.74, 6) is 0.220. The number of carbonyl (C=O) groups excluding carboxylic acids is 2. The third-order valence-corrected chi connectivity index (χ3v) is 13.3. The minimum atomic E-state index is -5.57. The van der Waals surface area contributed by atoms with Gasteiger partial charge >= 0.3 is 19.6 Å². The lowest BCUT2D eigenvalue weighted by molar-refractivity contribution is -0.147. The topological polar surface area (TPSA) is 236 Å². The molecule has 5 heterocycles. The van der Waals surface area contributed by atoms with E-state index in [4.69, 9.17) is 37.5 Å². The minimum absolute atomic E-state index is 0.0590. The van der Waals surface area contributed by atoms with Gasteiger partial charge in [0.25, 0.3) is 11.5 Å². The maximum atomic E-state index is 16.6. The number of fused-ring (bicyclic) bond motifs is 1. The Morgan fingerprint density at radius 2 is 1.38 bits per heavy atom. The van der Waals surface area contributed by atoms with Gasteiger partial charge in [0.1, 0.15) is 60.8 Å². The average molecular weight is 1010 g/mol. The van der Waals surface area contributed by atoms with Gasteiger partial charge < -0.3 is 33.7 Å². The number of aromatic nitrogens is 6. The molecule has 72 heavy (non-hydrogen) atoms. The molecule has 0 bridgehead atoms. The van der Waals surface area contributed by atoms with Gasteiger partial charge in [-0.2, -0.15) is 0 Å². The highest BCUT2D eigenvalue weighted by Gasteiger charge is 2.49. The highest BCUT2D eigenvalue weighted by molar-refractivity contribution is 7.48. The lowest BCUT2D eigenvalue weighted by Crippen LogP contribution is -2.41. The number of amides is 1. The van der Waals surface area contributed by atoms with E-state index in [1.165, 1.54) is 25.8 Å². The SMILES string of the molecule is COc1ccc(C(O[C@H]2C[C@H](n3cnc4c(NC(=O)c5ccccc5)ncnc43)O[C@@H]2COP(=O)(F)O[C@H]2C[C@H](n3cc(C)c(=O)[nH]c3=O)O[C@@H]2COC(C)=O)(c2ccccc2)c2ccc(OC)cc2)cc1. The molecule has 0 spiro atoms. The number of esters is 1. The number of hydrogen-bond donors (Lipinski definition) is 2. The number of rotatable bonds is 18. The van der Waals surface area contributed by atoms with Crippen LogP contribution in [0.3, 0.4) is 0 Å². The molecule has 0 saturated carbocycles. The van der Waals surface area contributed by atoms with E-state index < -0.39 is 86.7 Å². The van der Waals surface area contributed by atoms with E-state index in [0.29, 0.717) is 33.8 Å². The Morgan fingerprint density at radius 3 is 2.00 bits per heavy atom. The lowest BCUT2D eigenvalue weighted by atomic mass is 9.79. The smallest absolute Gasteiger partial charge is 0.497 e. The van der Waals surface area contributed by atoms with Gasteiger partial charge in [0.05, 0.1) is 33.3 Å². The summed E-state index contributed by atoms with van der Waals surface area (Å²) in [4.78, 5) is 65.6. The number of halogens is 1.